The van der Waals surface area contributed by atoms with E-state index in [2.05, 4.69) is 6.92 Å². The molecule has 0 aliphatic heterocycles. The molecule has 1 amide bonds. The van der Waals surface area contributed by atoms with Crippen LogP contribution in [0.15, 0.2) is 0 Å². The lowest BCUT2D eigenvalue weighted by atomic mass is 9.84. The van der Waals surface area contributed by atoms with Crippen LogP contribution in [0.4, 0.5) is 0 Å². The fourth-order valence-electron chi connectivity index (χ4n) is 3.56. The Labute approximate surface area is 117 Å². The fourth-order valence-corrected chi connectivity index (χ4v) is 3.56. The van der Waals surface area contributed by atoms with Crippen LogP contribution in [0.3, 0.4) is 0 Å². The summed E-state index contributed by atoms with van der Waals surface area (Å²) in [6.07, 6.45) is 7.96. The minimum Gasteiger partial charge on any atom is -0.342 e. The van der Waals surface area contributed by atoms with Crippen molar-refractivity contribution < 1.29 is 4.79 Å². The smallest absolute Gasteiger partial charge is 0.225 e. The molecule has 0 aromatic rings. The van der Waals surface area contributed by atoms with Crippen molar-refractivity contribution in [3.63, 3.8) is 0 Å². The molecule has 4 unspecified atom stereocenters. The molecule has 2 saturated carbocycles. The molecule has 0 aromatic heterocycles. The second kappa shape index (κ2) is 6.76. The van der Waals surface area contributed by atoms with Crippen molar-refractivity contribution in [1.82, 2.24) is 4.90 Å². The van der Waals surface area contributed by atoms with Crippen molar-refractivity contribution in [2.24, 2.45) is 17.6 Å². The van der Waals surface area contributed by atoms with Gasteiger partial charge in [-0.05, 0) is 38.0 Å². The molecule has 2 aliphatic carbocycles. The highest BCUT2D eigenvalue weighted by molar-refractivity contribution is 5.85. The van der Waals surface area contributed by atoms with E-state index in [0.717, 1.165) is 19.3 Å². The van der Waals surface area contributed by atoms with Gasteiger partial charge in [-0.15, -0.1) is 12.4 Å². The minimum atomic E-state index is 0. The molecule has 4 heteroatoms. The number of nitrogens with two attached hydrogens (primary N) is 1. The summed E-state index contributed by atoms with van der Waals surface area (Å²) in [6.45, 7) is 2.29. The first kappa shape index (κ1) is 15.8. The van der Waals surface area contributed by atoms with Crippen LogP contribution < -0.4 is 5.73 Å². The molecule has 0 heterocycles. The molecule has 0 aromatic carbocycles. The number of carbonyl (C=O) groups excluding carboxylic acids is 1. The lowest BCUT2D eigenvalue weighted by molar-refractivity contribution is -0.137. The summed E-state index contributed by atoms with van der Waals surface area (Å²) in [5.41, 5.74) is 5.90. The van der Waals surface area contributed by atoms with E-state index in [0.29, 0.717) is 17.9 Å². The fraction of sp³-hybridized carbons (Fsp3) is 0.929. The van der Waals surface area contributed by atoms with Crippen LogP contribution in [0.2, 0.25) is 0 Å². The molecule has 0 saturated heterocycles. The van der Waals surface area contributed by atoms with Crippen LogP contribution in [0.5, 0.6) is 0 Å². The van der Waals surface area contributed by atoms with Crippen molar-refractivity contribution in [2.75, 3.05) is 7.05 Å². The van der Waals surface area contributed by atoms with Crippen molar-refractivity contribution in [3.05, 3.63) is 0 Å². The molecular weight excluding hydrogens is 248 g/mol. The average molecular weight is 275 g/mol. The molecule has 2 fully saturated rings. The highest BCUT2D eigenvalue weighted by Crippen LogP contribution is 2.31. The topological polar surface area (TPSA) is 46.3 Å². The van der Waals surface area contributed by atoms with Crippen molar-refractivity contribution in [1.29, 1.82) is 0 Å². The molecule has 0 spiro atoms. The van der Waals surface area contributed by atoms with Crippen LogP contribution in [-0.2, 0) is 4.79 Å². The molecule has 2 aliphatic rings. The van der Waals surface area contributed by atoms with Gasteiger partial charge in [-0.2, -0.15) is 0 Å². The second-order valence-electron chi connectivity index (χ2n) is 6.05. The number of hydrogen-bond acceptors (Lipinski definition) is 2. The monoisotopic (exact) mass is 274 g/mol. The van der Waals surface area contributed by atoms with E-state index >= 15 is 0 Å². The third-order valence-corrected chi connectivity index (χ3v) is 4.73. The average Bonchev–Trinajstić information content (AvgIpc) is 2.75. The van der Waals surface area contributed by atoms with Gasteiger partial charge in [0, 0.05) is 25.0 Å². The van der Waals surface area contributed by atoms with E-state index in [1.54, 1.807) is 0 Å². The predicted octanol–water partition coefficient (Wildman–Crippen LogP) is 2.57. The maximum Gasteiger partial charge on any atom is 0.225 e. The van der Waals surface area contributed by atoms with E-state index in [4.69, 9.17) is 5.73 Å². The van der Waals surface area contributed by atoms with Crippen molar-refractivity contribution in [2.45, 2.75) is 64.0 Å². The Morgan fingerprint density at radius 3 is 2.39 bits per heavy atom. The number of rotatable bonds is 2. The molecule has 0 bridgehead atoms. The molecular formula is C14H27ClN2O. The normalized spacial score (nSPS) is 35.9. The lowest BCUT2D eigenvalue weighted by Crippen LogP contribution is -2.45. The highest BCUT2D eigenvalue weighted by Gasteiger charge is 2.34. The van der Waals surface area contributed by atoms with E-state index in [-0.39, 0.29) is 24.4 Å². The van der Waals surface area contributed by atoms with Crippen LogP contribution in [0, 0.1) is 11.8 Å². The van der Waals surface area contributed by atoms with Gasteiger partial charge in [-0.25, -0.2) is 0 Å². The molecule has 2 rings (SSSR count). The number of halogens is 1. The zero-order valence-corrected chi connectivity index (χ0v) is 12.4. The van der Waals surface area contributed by atoms with Crippen LogP contribution in [0.25, 0.3) is 0 Å². The Morgan fingerprint density at radius 1 is 1.17 bits per heavy atom. The van der Waals surface area contributed by atoms with Gasteiger partial charge in [0.15, 0.2) is 0 Å². The summed E-state index contributed by atoms with van der Waals surface area (Å²) < 4.78 is 0. The van der Waals surface area contributed by atoms with Crippen molar-refractivity contribution >= 4 is 18.3 Å². The summed E-state index contributed by atoms with van der Waals surface area (Å²) in [5, 5.41) is 0. The van der Waals surface area contributed by atoms with E-state index in [1.165, 1.54) is 25.7 Å². The summed E-state index contributed by atoms with van der Waals surface area (Å²) >= 11 is 0. The van der Waals surface area contributed by atoms with Gasteiger partial charge in [-0.1, -0.05) is 19.8 Å². The maximum atomic E-state index is 12.4. The minimum absolute atomic E-state index is 0. The van der Waals surface area contributed by atoms with Gasteiger partial charge in [0.1, 0.15) is 0 Å². The van der Waals surface area contributed by atoms with E-state index in [1.807, 2.05) is 11.9 Å². The van der Waals surface area contributed by atoms with Gasteiger partial charge in [0.05, 0.1) is 0 Å². The van der Waals surface area contributed by atoms with Crippen molar-refractivity contribution in [3.8, 4) is 0 Å². The lowest BCUT2D eigenvalue weighted by Gasteiger charge is -2.37. The Bertz CT molecular complexity index is 285. The zero-order valence-electron chi connectivity index (χ0n) is 11.6. The van der Waals surface area contributed by atoms with Crippen LogP contribution >= 0.6 is 12.4 Å². The van der Waals surface area contributed by atoms with E-state index in [9.17, 15) is 4.79 Å². The summed E-state index contributed by atoms with van der Waals surface area (Å²) in [5.74, 6) is 1.20. The zero-order chi connectivity index (χ0) is 12.4. The van der Waals surface area contributed by atoms with Crippen LogP contribution in [-0.4, -0.2) is 29.9 Å². The van der Waals surface area contributed by atoms with Gasteiger partial charge < -0.3 is 10.6 Å². The molecule has 2 N–H and O–H groups in total. The third kappa shape index (κ3) is 3.39. The highest BCUT2D eigenvalue weighted by atomic mass is 35.5. The molecule has 4 atom stereocenters. The third-order valence-electron chi connectivity index (χ3n) is 4.73. The first-order valence-electron chi connectivity index (χ1n) is 7.12. The van der Waals surface area contributed by atoms with Gasteiger partial charge in [0.2, 0.25) is 5.91 Å². The quantitative estimate of drug-likeness (QED) is 0.841. The first-order valence-corrected chi connectivity index (χ1v) is 7.12. The number of carbonyl (C=O) groups is 1. The summed E-state index contributed by atoms with van der Waals surface area (Å²) in [4.78, 5) is 14.4. The second-order valence-corrected chi connectivity index (χ2v) is 6.05. The molecule has 106 valence electrons. The Morgan fingerprint density at radius 2 is 1.83 bits per heavy atom. The standard InChI is InChI=1S/C14H26N2O.ClH/c1-10-5-3-4-6-13(10)16(2)14(17)11-7-8-12(15)9-11;/h10-13H,3-9,15H2,1-2H3;1H. The largest absolute Gasteiger partial charge is 0.342 e. The van der Waals surface area contributed by atoms with Crippen LogP contribution in [0.1, 0.15) is 51.9 Å². The van der Waals surface area contributed by atoms with Gasteiger partial charge >= 0.3 is 0 Å². The molecule has 3 nitrogen and oxygen atoms in total. The summed E-state index contributed by atoms with van der Waals surface area (Å²) in [6, 6.07) is 0.717. The van der Waals surface area contributed by atoms with Gasteiger partial charge in [-0.3, -0.25) is 4.79 Å². The van der Waals surface area contributed by atoms with Gasteiger partial charge in [0.25, 0.3) is 0 Å². The molecule has 18 heavy (non-hydrogen) atoms. The Kier molecular flexibility index (Phi) is 5.93. The van der Waals surface area contributed by atoms with E-state index < -0.39 is 0 Å². The maximum absolute atomic E-state index is 12.4. The Balaban J connectivity index is 0.00000162. The predicted molar refractivity (Wildman–Crippen MR) is 76.8 cm³/mol. The number of amides is 1. The Hall–Kier alpha value is -0.280. The number of nitrogens with zero attached hydrogens (tertiary/aromatic N) is 1. The molecule has 0 radical (unpaired) electrons. The SMILES string of the molecule is CC1CCCCC1N(C)C(=O)C1CCC(N)C1.Cl. The first-order chi connectivity index (χ1) is 8.09. The number of hydrogen-bond donors (Lipinski definition) is 1. The summed E-state index contributed by atoms with van der Waals surface area (Å²) in [7, 11) is 2.00.